The topological polar surface area (TPSA) is 54.2 Å². The predicted octanol–water partition coefficient (Wildman–Crippen LogP) is 1.29. The van der Waals surface area contributed by atoms with E-state index < -0.39 is 0 Å². The van der Waals surface area contributed by atoms with E-state index in [1.165, 1.54) is 0 Å². The van der Waals surface area contributed by atoms with E-state index in [0.29, 0.717) is 16.5 Å². The van der Waals surface area contributed by atoms with Crippen LogP contribution in [0.1, 0.15) is 0 Å². The Hall–Kier alpha value is -1.00. The van der Waals surface area contributed by atoms with Crippen LogP contribution in [-0.2, 0) is 0 Å². The standard InChI is InChI=1S/C9H15ClN4/c1-14(2)4-3-12-9-8(10)5-7(11)6-13-9/h5-6H,3-4,11H2,1-2H3,(H,12,13). The van der Waals surface area contributed by atoms with Gasteiger partial charge >= 0.3 is 0 Å². The van der Waals surface area contributed by atoms with Gasteiger partial charge in [-0.15, -0.1) is 0 Å². The third-order valence-electron chi connectivity index (χ3n) is 1.71. The minimum absolute atomic E-state index is 0.559. The second kappa shape index (κ2) is 5.02. The van der Waals surface area contributed by atoms with Crippen LogP contribution in [0, 0.1) is 0 Å². The molecule has 4 nitrogen and oxygen atoms in total. The fourth-order valence-corrected chi connectivity index (χ4v) is 1.22. The molecular formula is C9H15ClN4. The molecule has 0 radical (unpaired) electrons. The molecule has 0 amide bonds. The van der Waals surface area contributed by atoms with Crippen LogP contribution in [0.15, 0.2) is 12.3 Å². The quantitative estimate of drug-likeness (QED) is 0.793. The van der Waals surface area contributed by atoms with Gasteiger partial charge in [-0.05, 0) is 20.2 Å². The maximum Gasteiger partial charge on any atom is 0.144 e. The average Bonchev–Trinajstić information content (AvgIpc) is 2.08. The lowest BCUT2D eigenvalue weighted by molar-refractivity contribution is 0.425. The van der Waals surface area contributed by atoms with E-state index in [9.17, 15) is 0 Å². The van der Waals surface area contributed by atoms with Crippen molar-refractivity contribution in [2.45, 2.75) is 0 Å². The molecule has 0 aliphatic heterocycles. The second-order valence-corrected chi connectivity index (χ2v) is 3.74. The highest BCUT2D eigenvalue weighted by Gasteiger charge is 2.01. The van der Waals surface area contributed by atoms with Crippen LogP contribution in [0.5, 0.6) is 0 Å². The Kier molecular flexibility index (Phi) is 3.98. The van der Waals surface area contributed by atoms with Crippen molar-refractivity contribution in [3.05, 3.63) is 17.3 Å². The molecule has 14 heavy (non-hydrogen) atoms. The highest BCUT2D eigenvalue weighted by atomic mass is 35.5. The molecule has 0 bridgehead atoms. The van der Waals surface area contributed by atoms with Crippen LogP contribution < -0.4 is 11.1 Å². The Labute approximate surface area is 89.1 Å². The largest absolute Gasteiger partial charge is 0.397 e. The molecule has 0 unspecified atom stereocenters. The summed E-state index contributed by atoms with van der Waals surface area (Å²) in [5, 5.41) is 3.69. The monoisotopic (exact) mass is 214 g/mol. The number of nitrogens with two attached hydrogens (primary N) is 1. The number of pyridine rings is 1. The molecule has 5 heteroatoms. The van der Waals surface area contributed by atoms with E-state index in [2.05, 4.69) is 15.2 Å². The number of hydrogen-bond donors (Lipinski definition) is 2. The molecule has 3 N–H and O–H groups in total. The van der Waals surface area contributed by atoms with E-state index in [0.717, 1.165) is 13.1 Å². The molecule has 0 aromatic carbocycles. The van der Waals surface area contributed by atoms with Crippen molar-refractivity contribution in [3.63, 3.8) is 0 Å². The predicted molar refractivity (Wildman–Crippen MR) is 60.7 cm³/mol. The molecule has 1 aromatic rings. The van der Waals surface area contributed by atoms with Crippen molar-refractivity contribution in [2.24, 2.45) is 0 Å². The minimum atomic E-state index is 0.559. The summed E-state index contributed by atoms with van der Waals surface area (Å²) in [6.07, 6.45) is 1.59. The summed E-state index contributed by atoms with van der Waals surface area (Å²) in [5.41, 5.74) is 6.10. The number of hydrogen-bond acceptors (Lipinski definition) is 4. The summed E-state index contributed by atoms with van der Waals surface area (Å²) in [6.45, 7) is 1.74. The van der Waals surface area contributed by atoms with Crippen molar-refractivity contribution < 1.29 is 0 Å². The van der Waals surface area contributed by atoms with Crippen molar-refractivity contribution in [2.75, 3.05) is 38.2 Å². The van der Waals surface area contributed by atoms with Crippen molar-refractivity contribution >= 4 is 23.1 Å². The first-order valence-electron chi connectivity index (χ1n) is 4.39. The molecule has 1 heterocycles. The summed E-state index contributed by atoms with van der Waals surface area (Å²) in [6, 6.07) is 1.69. The first kappa shape index (κ1) is 11.1. The highest BCUT2D eigenvalue weighted by molar-refractivity contribution is 6.33. The lowest BCUT2D eigenvalue weighted by atomic mass is 10.4. The molecule has 0 aliphatic rings. The molecule has 0 fully saturated rings. The molecule has 0 aliphatic carbocycles. The van der Waals surface area contributed by atoms with Crippen LogP contribution in [0.4, 0.5) is 11.5 Å². The van der Waals surface area contributed by atoms with Gasteiger partial charge < -0.3 is 16.0 Å². The van der Waals surface area contributed by atoms with Gasteiger partial charge in [0.05, 0.1) is 16.9 Å². The fraction of sp³-hybridized carbons (Fsp3) is 0.444. The number of anilines is 2. The van der Waals surface area contributed by atoms with Crippen molar-refractivity contribution in [1.82, 2.24) is 9.88 Å². The van der Waals surface area contributed by atoms with E-state index in [1.807, 2.05) is 14.1 Å². The van der Waals surface area contributed by atoms with E-state index in [4.69, 9.17) is 17.3 Å². The second-order valence-electron chi connectivity index (χ2n) is 3.33. The Balaban J connectivity index is 2.51. The smallest absolute Gasteiger partial charge is 0.144 e. The Morgan fingerprint density at radius 1 is 1.57 bits per heavy atom. The normalized spacial score (nSPS) is 10.6. The zero-order valence-electron chi connectivity index (χ0n) is 8.42. The summed E-state index contributed by atoms with van der Waals surface area (Å²) in [7, 11) is 4.03. The summed E-state index contributed by atoms with van der Waals surface area (Å²) in [5.74, 6) is 0.683. The summed E-state index contributed by atoms with van der Waals surface area (Å²) < 4.78 is 0. The van der Waals surface area contributed by atoms with Gasteiger partial charge in [-0.25, -0.2) is 4.98 Å². The molecule has 0 spiro atoms. The first-order valence-corrected chi connectivity index (χ1v) is 4.77. The first-order chi connectivity index (χ1) is 6.59. The molecule has 1 aromatic heterocycles. The van der Waals surface area contributed by atoms with E-state index >= 15 is 0 Å². The van der Waals surface area contributed by atoms with E-state index in [1.54, 1.807) is 12.3 Å². The summed E-state index contributed by atoms with van der Waals surface area (Å²) in [4.78, 5) is 6.17. The van der Waals surface area contributed by atoms with Gasteiger partial charge in [0, 0.05) is 13.1 Å². The molecule has 78 valence electrons. The molecule has 0 atom stereocenters. The number of likely N-dealkylation sites (N-methyl/N-ethyl adjacent to an activating group) is 1. The third kappa shape index (κ3) is 3.40. The van der Waals surface area contributed by atoms with Crippen molar-refractivity contribution in [1.29, 1.82) is 0 Å². The zero-order valence-corrected chi connectivity index (χ0v) is 9.17. The SMILES string of the molecule is CN(C)CCNc1ncc(N)cc1Cl. The van der Waals surface area contributed by atoms with Gasteiger partial charge in [-0.3, -0.25) is 0 Å². The number of rotatable bonds is 4. The number of nitrogen functional groups attached to an aromatic ring is 1. The van der Waals surface area contributed by atoms with Crippen LogP contribution in [0.2, 0.25) is 5.02 Å². The van der Waals surface area contributed by atoms with Gasteiger partial charge in [0.2, 0.25) is 0 Å². The van der Waals surface area contributed by atoms with Crippen LogP contribution in [-0.4, -0.2) is 37.1 Å². The van der Waals surface area contributed by atoms with E-state index in [-0.39, 0.29) is 0 Å². The third-order valence-corrected chi connectivity index (χ3v) is 2.00. The Morgan fingerprint density at radius 2 is 2.29 bits per heavy atom. The lowest BCUT2D eigenvalue weighted by Gasteiger charge is -2.11. The number of nitrogens with zero attached hydrogens (tertiary/aromatic N) is 2. The molecular weight excluding hydrogens is 200 g/mol. The molecule has 1 rings (SSSR count). The van der Waals surface area contributed by atoms with Crippen LogP contribution in [0.25, 0.3) is 0 Å². The van der Waals surface area contributed by atoms with Gasteiger partial charge in [0.25, 0.3) is 0 Å². The zero-order chi connectivity index (χ0) is 10.6. The molecule has 0 saturated heterocycles. The highest BCUT2D eigenvalue weighted by Crippen LogP contribution is 2.20. The maximum absolute atomic E-state index is 5.93. The lowest BCUT2D eigenvalue weighted by Crippen LogP contribution is -2.21. The average molecular weight is 215 g/mol. The molecule has 0 saturated carbocycles. The minimum Gasteiger partial charge on any atom is -0.397 e. The van der Waals surface area contributed by atoms with Gasteiger partial charge in [0.1, 0.15) is 5.82 Å². The van der Waals surface area contributed by atoms with Gasteiger partial charge in [-0.2, -0.15) is 0 Å². The van der Waals surface area contributed by atoms with Crippen LogP contribution in [0.3, 0.4) is 0 Å². The fourth-order valence-electron chi connectivity index (χ4n) is 0.981. The number of aromatic nitrogens is 1. The van der Waals surface area contributed by atoms with Gasteiger partial charge in [0.15, 0.2) is 0 Å². The Bertz CT molecular complexity index is 301. The van der Waals surface area contributed by atoms with Gasteiger partial charge in [-0.1, -0.05) is 11.6 Å². The maximum atomic E-state index is 5.93. The number of nitrogens with one attached hydrogen (secondary N) is 1. The summed E-state index contributed by atoms with van der Waals surface area (Å²) >= 11 is 5.93. The number of halogens is 1. The van der Waals surface area contributed by atoms with Crippen molar-refractivity contribution in [3.8, 4) is 0 Å². The Morgan fingerprint density at radius 3 is 2.86 bits per heavy atom. The van der Waals surface area contributed by atoms with Crippen LogP contribution >= 0.6 is 11.6 Å².